The van der Waals surface area contributed by atoms with Crippen molar-refractivity contribution in [2.75, 3.05) is 38.0 Å². The molecule has 2 amide bonds. The lowest BCUT2D eigenvalue weighted by atomic mass is 9.98. The number of hydrogen-bond acceptors (Lipinski definition) is 4. The van der Waals surface area contributed by atoms with Gasteiger partial charge in [0.2, 0.25) is 11.8 Å². The van der Waals surface area contributed by atoms with E-state index in [-0.39, 0.29) is 30.1 Å². The minimum atomic E-state index is -0.440. The molecule has 146 valence electrons. The van der Waals surface area contributed by atoms with Gasteiger partial charge in [0.05, 0.1) is 12.6 Å². The fourth-order valence-corrected chi connectivity index (χ4v) is 2.90. The van der Waals surface area contributed by atoms with E-state index in [1.165, 1.54) is 0 Å². The molecule has 0 saturated carbocycles. The Balaban J connectivity index is 0.00000338. The van der Waals surface area contributed by atoms with Crippen LogP contribution in [-0.2, 0) is 9.59 Å². The summed E-state index contributed by atoms with van der Waals surface area (Å²) in [6, 6.07) is 6.58. The highest BCUT2D eigenvalue weighted by Gasteiger charge is 2.28. The van der Waals surface area contributed by atoms with Crippen LogP contribution in [0.5, 0.6) is 0 Å². The Morgan fingerprint density at radius 1 is 1.19 bits per heavy atom. The lowest BCUT2D eigenvalue weighted by Crippen LogP contribution is -2.55. The van der Waals surface area contributed by atoms with Gasteiger partial charge in [-0.3, -0.25) is 14.5 Å². The van der Waals surface area contributed by atoms with E-state index in [4.69, 9.17) is 17.3 Å². The maximum atomic E-state index is 12.4. The zero-order chi connectivity index (χ0) is 18.4. The van der Waals surface area contributed by atoms with Crippen LogP contribution >= 0.6 is 24.0 Å². The quantitative estimate of drug-likeness (QED) is 0.764. The van der Waals surface area contributed by atoms with Crippen molar-refractivity contribution in [1.29, 1.82) is 0 Å². The van der Waals surface area contributed by atoms with Gasteiger partial charge in [-0.05, 0) is 30.2 Å². The lowest BCUT2D eigenvalue weighted by Gasteiger charge is -2.36. The first-order valence-electron chi connectivity index (χ1n) is 8.72. The number of anilines is 1. The number of nitrogens with one attached hydrogen (secondary N) is 1. The van der Waals surface area contributed by atoms with Crippen LogP contribution in [0.4, 0.5) is 5.69 Å². The molecule has 1 aliphatic rings. The molecule has 1 aromatic rings. The summed E-state index contributed by atoms with van der Waals surface area (Å²) < 4.78 is 0. The molecular formula is C18H28Cl2N4O2. The number of carbonyl (C=O) groups is 2. The molecule has 0 aliphatic carbocycles. The van der Waals surface area contributed by atoms with E-state index in [9.17, 15) is 9.59 Å². The topological polar surface area (TPSA) is 78.7 Å². The predicted molar refractivity (Wildman–Crippen MR) is 108 cm³/mol. The number of piperazine rings is 1. The molecule has 0 radical (unpaired) electrons. The van der Waals surface area contributed by atoms with Crippen LogP contribution in [0.25, 0.3) is 0 Å². The maximum absolute atomic E-state index is 12.4. The Morgan fingerprint density at radius 2 is 1.77 bits per heavy atom. The highest BCUT2D eigenvalue weighted by atomic mass is 35.5. The summed E-state index contributed by atoms with van der Waals surface area (Å²) in [5.41, 5.74) is 6.76. The smallest absolute Gasteiger partial charge is 0.239 e. The predicted octanol–water partition coefficient (Wildman–Crippen LogP) is 2.22. The molecule has 1 aromatic carbocycles. The molecule has 3 N–H and O–H groups in total. The fraction of sp³-hybridized carbons (Fsp3) is 0.556. The van der Waals surface area contributed by atoms with E-state index in [1.54, 1.807) is 24.3 Å². The SMILES string of the molecule is CCC(C)C(N)C(=O)N1CCN(CC(=O)Nc2ccc(Cl)cc2)CC1.Cl. The van der Waals surface area contributed by atoms with Gasteiger partial charge < -0.3 is 16.0 Å². The molecule has 2 unspecified atom stereocenters. The van der Waals surface area contributed by atoms with Crippen molar-refractivity contribution in [1.82, 2.24) is 9.80 Å². The van der Waals surface area contributed by atoms with Gasteiger partial charge in [0, 0.05) is 36.9 Å². The summed E-state index contributed by atoms with van der Waals surface area (Å²) in [5, 5.41) is 3.49. The Bertz CT molecular complexity index is 589. The second kappa shape index (κ2) is 10.7. The molecular weight excluding hydrogens is 375 g/mol. The van der Waals surface area contributed by atoms with Gasteiger partial charge >= 0.3 is 0 Å². The number of carbonyl (C=O) groups excluding carboxylic acids is 2. The van der Waals surface area contributed by atoms with E-state index in [0.717, 1.165) is 12.1 Å². The monoisotopic (exact) mass is 402 g/mol. The van der Waals surface area contributed by atoms with Crippen LogP contribution in [0.1, 0.15) is 20.3 Å². The molecule has 2 rings (SSSR count). The Morgan fingerprint density at radius 3 is 2.31 bits per heavy atom. The van der Waals surface area contributed by atoms with Gasteiger partial charge in [-0.25, -0.2) is 0 Å². The van der Waals surface area contributed by atoms with Gasteiger partial charge in [-0.2, -0.15) is 0 Å². The number of nitrogens with two attached hydrogens (primary N) is 1. The summed E-state index contributed by atoms with van der Waals surface area (Å²) in [5.74, 6) is 0.119. The van der Waals surface area contributed by atoms with Crippen LogP contribution in [0.2, 0.25) is 5.02 Å². The van der Waals surface area contributed by atoms with Crippen molar-refractivity contribution in [2.24, 2.45) is 11.7 Å². The van der Waals surface area contributed by atoms with Crippen molar-refractivity contribution < 1.29 is 9.59 Å². The molecule has 2 atom stereocenters. The van der Waals surface area contributed by atoms with E-state index in [0.29, 0.717) is 37.7 Å². The number of nitrogens with zero attached hydrogens (tertiary/aromatic N) is 2. The minimum absolute atomic E-state index is 0. The summed E-state index contributed by atoms with van der Waals surface area (Å²) >= 11 is 5.83. The van der Waals surface area contributed by atoms with Crippen LogP contribution in [-0.4, -0.2) is 60.4 Å². The van der Waals surface area contributed by atoms with Gasteiger partial charge in [0.25, 0.3) is 0 Å². The highest BCUT2D eigenvalue weighted by molar-refractivity contribution is 6.30. The average Bonchev–Trinajstić information content (AvgIpc) is 2.62. The number of halogens is 2. The molecule has 6 nitrogen and oxygen atoms in total. The molecule has 8 heteroatoms. The van der Waals surface area contributed by atoms with Crippen molar-refractivity contribution >= 4 is 41.5 Å². The third-order valence-electron chi connectivity index (χ3n) is 4.72. The van der Waals surface area contributed by atoms with Gasteiger partial charge in [-0.15, -0.1) is 12.4 Å². The second-order valence-electron chi connectivity index (χ2n) is 6.57. The van der Waals surface area contributed by atoms with Gasteiger partial charge in [0.1, 0.15) is 0 Å². The molecule has 0 aromatic heterocycles. The summed E-state index contributed by atoms with van der Waals surface area (Å²) in [6.07, 6.45) is 0.887. The summed E-state index contributed by atoms with van der Waals surface area (Å²) in [7, 11) is 0. The molecule has 0 spiro atoms. The molecule has 26 heavy (non-hydrogen) atoms. The van der Waals surface area contributed by atoms with Gasteiger partial charge in [-0.1, -0.05) is 31.9 Å². The first-order valence-corrected chi connectivity index (χ1v) is 9.10. The van der Waals surface area contributed by atoms with Crippen molar-refractivity contribution in [3.63, 3.8) is 0 Å². The van der Waals surface area contributed by atoms with Gasteiger partial charge in [0.15, 0.2) is 0 Å². The zero-order valence-electron chi connectivity index (χ0n) is 15.3. The normalized spacial score (nSPS) is 17.2. The molecule has 0 bridgehead atoms. The van der Waals surface area contributed by atoms with Crippen molar-refractivity contribution in [2.45, 2.75) is 26.3 Å². The minimum Gasteiger partial charge on any atom is -0.339 e. The Labute approximate surface area is 166 Å². The van der Waals surface area contributed by atoms with Crippen LogP contribution in [0.15, 0.2) is 24.3 Å². The van der Waals surface area contributed by atoms with Crippen LogP contribution < -0.4 is 11.1 Å². The molecule has 1 fully saturated rings. The number of benzene rings is 1. The fourth-order valence-electron chi connectivity index (χ4n) is 2.77. The van der Waals surface area contributed by atoms with E-state index < -0.39 is 6.04 Å². The molecule has 1 aliphatic heterocycles. The van der Waals surface area contributed by atoms with Crippen molar-refractivity contribution in [3.05, 3.63) is 29.3 Å². The molecule has 1 heterocycles. The second-order valence-corrected chi connectivity index (χ2v) is 7.00. The largest absolute Gasteiger partial charge is 0.339 e. The first-order chi connectivity index (χ1) is 11.9. The Hall–Kier alpha value is -1.34. The average molecular weight is 403 g/mol. The van der Waals surface area contributed by atoms with Crippen LogP contribution in [0, 0.1) is 5.92 Å². The number of hydrogen-bond donors (Lipinski definition) is 2. The summed E-state index contributed by atoms with van der Waals surface area (Å²) in [6.45, 7) is 6.91. The van der Waals surface area contributed by atoms with Crippen LogP contribution in [0.3, 0.4) is 0 Å². The van der Waals surface area contributed by atoms with Crippen molar-refractivity contribution in [3.8, 4) is 0 Å². The number of rotatable bonds is 6. The standard InChI is InChI=1S/C18H27ClN4O2.ClH/c1-3-13(2)17(20)18(25)23-10-8-22(9-11-23)12-16(24)21-15-6-4-14(19)5-7-15;/h4-7,13,17H,3,8-12,20H2,1-2H3,(H,21,24);1H. The highest BCUT2D eigenvalue weighted by Crippen LogP contribution is 2.14. The zero-order valence-corrected chi connectivity index (χ0v) is 16.9. The van der Waals surface area contributed by atoms with E-state index >= 15 is 0 Å². The Kier molecular flexibility index (Phi) is 9.36. The van der Waals surface area contributed by atoms with E-state index in [1.807, 2.05) is 23.6 Å². The third-order valence-corrected chi connectivity index (χ3v) is 4.97. The molecule has 1 saturated heterocycles. The summed E-state index contributed by atoms with van der Waals surface area (Å²) in [4.78, 5) is 28.4. The number of amides is 2. The maximum Gasteiger partial charge on any atom is 0.239 e. The lowest BCUT2D eigenvalue weighted by molar-refractivity contribution is -0.135. The van der Waals surface area contributed by atoms with E-state index in [2.05, 4.69) is 5.32 Å². The third kappa shape index (κ3) is 6.43. The first kappa shape index (κ1) is 22.7.